The first-order chi connectivity index (χ1) is 9.21. The minimum absolute atomic E-state index is 0.0435. The van der Waals surface area contributed by atoms with Gasteiger partial charge in [0.25, 0.3) is 0 Å². The van der Waals surface area contributed by atoms with Crippen LogP contribution in [-0.2, 0) is 10.0 Å². The number of rotatable bonds is 3. The van der Waals surface area contributed by atoms with Crippen LogP contribution in [-0.4, -0.2) is 37.8 Å². The lowest BCUT2D eigenvalue weighted by molar-refractivity contribution is 0.1000. The third kappa shape index (κ3) is 2.88. The predicted octanol–water partition coefficient (Wildman–Crippen LogP) is 0.516. The summed E-state index contributed by atoms with van der Waals surface area (Å²) in [5.74, 6) is -0.568. The van der Waals surface area contributed by atoms with Crippen molar-refractivity contribution in [1.29, 1.82) is 0 Å². The topological polar surface area (TPSA) is 106 Å². The molecular formula is C12H16BrN3O3S. The molecule has 20 heavy (non-hydrogen) atoms. The normalized spacial score (nSPS) is 23.9. The van der Waals surface area contributed by atoms with Gasteiger partial charge in [0.05, 0.1) is 4.90 Å². The summed E-state index contributed by atoms with van der Waals surface area (Å²) in [6.45, 7) is 2.57. The SMILES string of the molecule is CC1CN(S(=O)(=O)c2cc(Br)cc(C(N)=O)c2)CC1N. The fourth-order valence-electron chi connectivity index (χ4n) is 2.15. The number of amides is 1. The summed E-state index contributed by atoms with van der Waals surface area (Å²) >= 11 is 3.19. The fourth-order valence-corrected chi connectivity index (χ4v) is 4.44. The Balaban J connectivity index is 2.42. The van der Waals surface area contributed by atoms with Crippen LogP contribution in [0.4, 0.5) is 0 Å². The van der Waals surface area contributed by atoms with E-state index in [1.54, 1.807) is 0 Å². The lowest BCUT2D eigenvalue weighted by Gasteiger charge is -2.16. The Morgan fingerprint density at radius 3 is 2.50 bits per heavy atom. The van der Waals surface area contributed by atoms with Gasteiger partial charge in [-0.05, 0) is 24.1 Å². The quantitative estimate of drug-likeness (QED) is 0.817. The molecule has 1 aromatic rings. The van der Waals surface area contributed by atoms with Gasteiger partial charge in [0, 0.05) is 29.2 Å². The zero-order chi connectivity index (χ0) is 15.1. The van der Waals surface area contributed by atoms with E-state index >= 15 is 0 Å². The first kappa shape index (κ1) is 15.4. The highest BCUT2D eigenvalue weighted by Crippen LogP contribution is 2.26. The smallest absolute Gasteiger partial charge is 0.248 e. The Morgan fingerprint density at radius 2 is 2.00 bits per heavy atom. The highest BCUT2D eigenvalue weighted by molar-refractivity contribution is 9.10. The Bertz CT molecular complexity index is 637. The number of hydrogen-bond acceptors (Lipinski definition) is 4. The maximum atomic E-state index is 12.6. The average Bonchev–Trinajstić information content (AvgIpc) is 2.69. The van der Waals surface area contributed by atoms with Crippen molar-refractivity contribution in [2.45, 2.75) is 17.9 Å². The lowest BCUT2D eigenvalue weighted by Crippen LogP contribution is -2.32. The van der Waals surface area contributed by atoms with E-state index in [-0.39, 0.29) is 29.0 Å². The summed E-state index contributed by atoms with van der Waals surface area (Å²) in [7, 11) is -3.67. The van der Waals surface area contributed by atoms with Gasteiger partial charge in [0.2, 0.25) is 15.9 Å². The van der Waals surface area contributed by atoms with Gasteiger partial charge < -0.3 is 11.5 Å². The van der Waals surface area contributed by atoms with Crippen molar-refractivity contribution in [3.63, 3.8) is 0 Å². The molecule has 4 N–H and O–H groups in total. The van der Waals surface area contributed by atoms with Crippen LogP contribution in [0, 0.1) is 5.92 Å². The van der Waals surface area contributed by atoms with Crippen molar-refractivity contribution in [3.05, 3.63) is 28.2 Å². The number of carbonyl (C=O) groups is 1. The summed E-state index contributed by atoms with van der Waals surface area (Å²) in [6, 6.07) is 4.06. The van der Waals surface area contributed by atoms with Crippen LogP contribution in [0.15, 0.2) is 27.6 Å². The second-order valence-corrected chi connectivity index (χ2v) is 7.86. The molecule has 0 saturated carbocycles. The van der Waals surface area contributed by atoms with E-state index in [1.807, 2.05) is 6.92 Å². The highest BCUT2D eigenvalue weighted by Gasteiger charge is 2.35. The Hall–Kier alpha value is -0.960. The Morgan fingerprint density at radius 1 is 1.35 bits per heavy atom. The van der Waals surface area contributed by atoms with Gasteiger partial charge in [-0.3, -0.25) is 4.79 Å². The summed E-state index contributed by atoms with van der Waals surface area (Å²) in [5, 5.41) is 0. The molecule has 1 aromatic carbocycles. The molecule has 0 aromatic heterocycles. The molecule has 0 bridgehead atoms. The van der Waals surface area contributed by atoms with Gasteiger partial charge in [0.15, 0.2) is 0 Å². The van der Waals surface area contributed by atoms with Crippen molar-refractivity contribution in [3.8, 4) is 0 Å². The molecule has 1 heterocycles. The Labute approximate surface area is 126 Å². The van der Waals surface area contributed by atoms with Crippen molar-refractivity contribution < 1.29 is 13.2 Å². The average molecular weight is 362 g/mol. The molecule has 1 aliphatic rings. The summed E-state index contributed by atoms with van der Waals surface area (Å²) < 4.78 is 26.9. The van der Waals surface area contributed by atoms with Crippen molar-refractivity contribution in [2.75, 3.05) is 13.1 Å². The van der Waals surface area contributed by atoms with Crippen LogP contribution in [0.5, 0.6) is 0 Å². The molecule has 1 fully saturated rings. The summed E-state index contributed by atoms with van der Waals surface area (Å²) in [4.78, 5) is 11.3. The van der Waals surface area contributed by atoms with Crippen LogP contribution in [0.25, 0.3) is 0 Å². The molecule has 8 heteroatoms. The largest absolute Gasteiger partial charge is 0.366 e. The molecule has 2 rings (SSSR count). The number of nitrogens with two attached hydrogens (primary N) is 2. The molecule has 1 saturated heterocycles. The van der Waals surface area contributed by atoms with Gasteiger partial charge in [0.1, 0.15) is 0 Å². The third-order valence-electron chi connectivity index (χ3n) is 3.43. The molecule has 2 unspecified atom stereocenters. The van der Waals surface area contributed by atoms with E-state index in [0.717, 1.165) is 0 Å². The van der Waals surface area contributed by atoms with Gasteiger partial charge >= 0.3 is 0 Å². The number of halogens is 1. The van der Waals surface area contributed by atoms with Crippen LogP contribution in [0.1, 0.15) is 17.3 Å². The van der Waals surface area contributed by atoms with Gasteiger partial charge in [-0.15, -0.1) is 0 Å². The van der Waals surface area contributed by atoms with Crippen LogP contribution >= 0.6 is 15.9 Å². The number of hydrogen-bond donors (Lipinski definition) is 2. The number of benzene rings is 1. The fraction of sp³-hybridized carbons (Fsp3) is 0.417. The molecule has 6 nitrogen and oxygen atoms in total. The van der Waals surface area contributed by atoms with E-state index in [0.29, 0.717) is 11.0 Å². The predicted molar refractivity (Wildman–Crippen MR) is 78.6 cm³/mol. The zero-order valence-electron chi connectivity index (χ0n) is 10.9. The molecule has 1 aliphatic heterocycles. The number of primary amides is 1. The molecule has 0 spiro atoms. The maximum Gasteiger partial charge on any atom is 0.248 e. The minimum atomic E-state index is -3.67. The van der Waals surface area contributed by atoms with E-state index in [1.165, 1.54) is 22.5 Å². The van der Waals surface area contributed by atoms with E-state index < -0.39 is 15.9 Å². The molecular weight excluding hydrogens is 346 g/mol. The molecule has 2 atom stereocenters. The van der Waals surface area contributed by atoms with Crippen molar-refractivity contribution >= 4 is 31.9 Å². The highest BCUT2D eigenvalue weighted by atomic mass is 79.9. The van der Waals surface area contributed by atoms with Crippen LogP contribution in [0.2, 0.25) is 0 Å². The van der Waals surface area contributed by atoms with E-state index in [4.69, 9.17) is 11.5 Å². The number of nitrogens with zero attached hydrogens (tertiary/aromatic N) is 1. The van der Waals surface area contributed by atoms with Gasteiger partial charge in [-0.25, -0.2) is 8.42 Å². The standard InChI is InChI=1S/C12H16BrN3O3S/c1-7-5-16(6-11(7)14)20(18,19)10-3-8(12(15)17)2-9(13)4-10/h2-4,7,11H,5-6,14H2,1H3,(H2,15,17). The molecule has 110 valence electrons. The summed E-state index contributed by atoms with van der Waals surface area (Å²) in [6.07, 6.45) is 0. The van der Waals surface area contributed by atoms with Gasteiger partial charge in [-0.1, -0.05) is 22.9 Å². The van der Waals surface area contributed by atoms with E-state index in [9.17, 15) is 13.2 Å². The monoisotopic (exact) mass is 361 g/mol. The van der Waals surface area contributed by atoms with Crippen molar-refractivity contribution in [1.82, 2.24) is 4.31 Å². The molecule has 0 aliphatic carbocycles. The molecule has 1 amide bonds. The maximum absolute atomic E-state index is 12.6. The first-order valence-corrected chi connectivity index (χ1v) is 8.31. The van der Waals surface area contributed by atoms with E-state index in [2.05, 4.69) is 15.9 Å². The van der Waals surface area contributed by atoms with Crippen LogP contribution < -0.4 is 11.5 Å². The zero-order valence-corrected chi connectivity index (χ0v) is 13.3. The second kappa shape index (κ2) is 5.44. The Kier molecular flexibility index (Phi) is 4.19. The number of sulfonamides is 1. The number of carbonyl (C=O) groups excluding carboxylic acids is 1. The van der Waals surface area contributed by atoms with Crippen LogP contribution in [0.3, 0.4) is 0 Å². The minimum Gasteiger partial charge on any atom is -0.366 e. The van der Waals surface area contributed by atoms with Gasteiger partial charge in [-0.2, -0.15) is 4.31 Å². The lowest BCUT2D eigenvalue weighted by atomic mass is 10.1. The first-order valence-electron chi connectivity index (χ1n) is 6.08. The molecule has 0 radical (unpaired) electrons. The third-order valence-corrected chi connectivity index (χ3v) is 5.70. The second-order valence-electron chi connectivity index (χ2n) is 5.00. The van der Waals surface area contributed by atoms with Crippen molar-refractivity contribution in [2.24, 2.45) is 17.4 Å². The summed E-state index contributed by atoms with van der Waals surface area (Å²) in [5.41, 5.74) is 11.2.